The van der Waals surface area contributed by atoms with Crippen LogP contribution in [0.15, 0.2) is 0 Å². The Morgan fingerprint density at radius 1 is 1.15 bits per heavy atom. The van der Waals surface area contributed by atoms with Crippen molar-refractivity contribution in [1.29, 1.82) is 0 Å². The Hall–Kier alpha value is -0.0800. The molecule has 13 heavy (non-hydrogen) atoms. The van der Waals surface area contributed by atoms with E-state index in [4.69, 9.17) is 0 Å². The maximum atomic E-state index is 3.48. The lowest BCUT2D eigenvalue weighted by Crippen LogP contribution is -2.40. The Labute approximate surface area is 83.7 Å². The molecule has 0 fully saturated rings. The van der Waals surface area contributed by atoms with Gasteiger partial charge in [-0.2, -0.15) is 0 Å². The number of nitrogens with one attached hydrogen (secondary N) is 1. The van der Waals surface area contributed by atoms with Crippen LogP contribution >= 0.6 is 0 Å². The van der Waals surface area contributed by atoms with Crippen molar-refractivity contribution >= 4 is 0 Å². The fraction of sp³-hybridized carbons (Fsp3) is 1.00. The summed E-state index contributed by atoms with van der Waals surface area (Å²) in [6, 6.07) is 1.26. The molecule has 0 saturated carbocycles. The molecule has 2 heteroatoms. The molecule has 2 atom stereocenters. The van der Waals surface area contributed by atoms with Gasteiger partial charge in [0.1, 0.15) is 0 Å². The standard InChI is InChI=1S/C11H26N2/c1-7-13(6)11(5)10(4)8-12-9(2)3/h9-12H,7-8H2,1-6H3. The molecule has 0 aliphatic rings. The van der Waals surface area contributed by atoms with E-state index in [1.54, 1.807) is 0 Å². The Morgan fingerprint density at radius 2 is 1.69 bits per heavy atom. The molecule has 0 aromatic heterocycles. The lowest BCUT2D eigenvalue weighted by Gasteiger charge is -2.29. The van der Waals surface area contributed by atoms with Crippen molar-refractivity contribution in [2.24, 2.45) is 5.92 Å². The van der Waals surface area contributed by atoms with Crippen LogP contribution in [-0.4, -0.2) is 37.1 Å². The van der Waals surface area contributed by atoms with Crippen molar-refractivity contribution in [1.82, 2.24) is 10.2 Å². The van der Waals surface area contributed by atoms with Crippen molar-refractivity contribution < 1.29 is 0 Å². The van der Waals surface area contributed by atoms with E-state index in [0.717, 1.165) is 13.1 Å². The second kappa shape index (κ2) is 6.39. The third kappa shape index (κ3) is 5.27. The van der Waals surface area contributed by atoms with E-state index in [9.17, 15) is 0 Å². The molecular formula is C11H26N2. The average molecular weight is 186 g/mol. The van der Waals surface area contributed by atoms with Crippen LogP contribution in [0.1, 0.15) is 34.6 Å². The van der Waals surface area contributed by atoms with Crippen LogP contribution in [0.25, 0.3) is 0 Å². The van der Waals surface area contributed by atoms with Gasteiger partial charge in [-0.05, 0) is 33.0 Å². The fourth-order valence-electron chi connectivity index (χ4n) is 1.31. The largest absolute Gasteiger partial charge is 0.314 e. The van der Waals surface area contributed by atoms with Gasteiger partial charge in [-0.15, -0.1) is 0 Å². The zero-order valence-electron chi connectivity index (χ0n) is 10.1. The second-order valence-corrected chi connectivity index (χ2v) is 4.35. The first-order valence-electron chi connectivity index (χ1n) is 5.42. The van der Waals surface area contributed by atoms with Crippen molar-refractivity contribution in [2.45, 2.75) is 46.7 Å². The molecule has 0 aliphatic carbocycles. The third-order valence-corrected chi connectivity index (χ3v) is 2.87. The van der Waals surface area contributed by atoms with E-state index in [1.165, 1.54) is 0 Å². The zero-order valence-corrected chi connectivity index (χ0v) is 10.1. The van der Waals surface area contributed by atoms with E-state index in [-0.39, 0.29) is 0 Å². The molecule has 0 rings (SSSR count). The first kappa shape index (κ1) is 12.9. The minimum atomic E-state index is 0.599. The van der Waals surface area contributed by atoms with E-state index < -0.39 is 0 Å². The highest BCUT2D eigenvalue weighted by Gasteiger charge is 2.15. The van der Waals surface area contributed by atoms with E-state index >= 15 is 0 Å². The molecular weight excluding hydrogens is 160 g/mol. The molecule has 2 nitrogen and oxygen atoms in total. The van der Waals surface area contributed by atoms with Gasteiger partial charge in [-0.25, -0.2) is 0 Å². The van der Waals surface area contributed by atoms with Crippen LogP contribution in [0.3, 0.4) is 0 Å². The Kier molecular flexibility index (Phi) is 6.35. The van der Waals surface area contributed by atoms with Crippen molar-refractivity contribution in [2.75, 3.05) is 20.1 Å². The minimum Gasteiger partial charge on any atom is -0.314 e. The smallest absolute Gasteiger partial charge is 0.0101 e. The predicted octanol–water partition coefficient (Wildman–Crippen LogP) is 1.96. The van der Waals surface area contributed by atoms with Crippen LogP contribution < -0.4 is 5.32 Å². The highest BCUT2D eigenvalue weighted by molar-refractivity contribution is 4.72. The lowest BCUT2D eigenvalue weighted by atomic mass is 10.0. The summed E-state index contributed by atoms with van der Waals surface area (Å²) in [6.45, 7) is 13.5. The van der Waals surface area contributed by atoms with E-state index in [2.05, 4.69) is 51.9 Å². The summed E-state index contributed by atoms with van der Waals surface area (Å²) in [5.41, 5.74) is 0. The van der Waals surface area contributed by atoms with Crippen LogP contribution in [0, 0.1) is 5.92 Å². The molecule has 0 bridgehead atoms. The third-order valence-electron chi connectivity index (χ3n) is 2.87. The summed E-state index contributed by atoms with van der Waals surface area (Å²) in [6.07, 6.45) is 0. The summed E-state index contributed by atoms with van der Waals surface area (Å²) < 4.78 is 0. The monoisotopic (exact) mass is 186 g/mol. The number of hydrogen-bond acceptors (Lipinski definition) is 2. The quantitative estimate of drug-likeness (QED) is 0.682. The van der Waals surface area contributed by atoms with Gasteiger partial charge in [0.15, 0.2) is 0 Å². The van der Waals surface area contributed by atoms with Gasteiger partial charge in [0.25, 0.3) is 0 Å². The number of hydrogen-bond donors (Lipinski definition) is 1. The SMILES string of the molecule is CCN(C)C(C)C(C)CNC(C)C. The van der Waals surface area contributed by atoms with Crippen LogP contribution in [0.2, 0.25) is 0 Å². The van der Waals surface area contributed by atoms with Crippen LogP contribution in [0.4, 0.5) is 0 Å². The molecule has 80 valence electrons. The van der Waals surface area contributed by atoms with Crippen molar-refractivity contribution in [3.63, 3.8) is 0 Å². The molecule has 1 N–H and O–H groups in total. The molecule has 0 amide bonds. The molecule has 0 aromatic carbocycles. The van der Waals surface area contributed by atoms with Gasteiger partial charge in [-0.1, -0.05) is 27.7 Å². The summed E-state index contributed by atoms with van der Waals surface area (Å²) in [5.74, 6) is 0.715. The maximum Gasteiger partial charge on any atom is 0.0101 e. The molecule has 0 spiro atoms. The molecule has 0 saturated heterocycles. The maximum absolute atomic E-state index is 3.48. The van der Waals surface area contributed by atoms with Gasteiger partial charge >= 0.3 is 0 Å². The Bertz CT molecular complexity index is 123. The van der Waals surface area contributed by atoms with Gasteiger partial charge in [-0.3, -0.25) is 0 Å². The van der Waals surface area contributed by atoms with Gasteiger partial charge < -0.3 is 10.2 Å². The van der Waals surface area contributed by atoms with Gasteiger partial charge in [0.05, 0.1) is 0 Å². The highest BCUT2D eigenvalue weighted by atomic mass is 15.1. The summed E-state index contributed by atoms with van der Waals surface area (Å²) in [4.78, 5) is 2.40. The normalized spacial score (nSPS) is 16.6. The molecule has 0 radical (unpaired) electrons. The minimum absolute atomic E-state index is 0.599. The predicted molar refractivity (Wildman–Crippen MR) is 60.1 cm³/mol. The van der Waals surface area contributed by atoms with Crippen molar-refractivity contribution in [3.05, 3.63) is 0 Å². The fourth-order valence-corrected chi connectivity index (χ4v) is 1.31. The van der Waals surface area contributed by atoms with E-state index in [1.807, 2.05) is 0 Å². The summed E-state index contributed by atoms with van der Waals surface area (Å²) >= 11 is 0. The second-order valence-electron chi connectivity index (χ2n) is 4.35. The van der Waals surface area contributed by atoms with E-state index in [0.29, 0.717) is 18.0 Å². The van der Waals surface area contributed by atoms with Gasteiger partial charge in [0, 0.05) is 12.1 Å². The average Bonchev–Trinajstić information content (AvgIpc) is 2.11. The van der Waals surface area contributed by atoms with Crippen molar-refractivity contribution in [3.8, 4) is 0 Å². The topological polar surface area (TPSA) is 15.3 Å². The molecule has 0 aliphatic heterocycles. The molecule has 0 heterocycles. The summed E-state index contributed by atoms with van der Waals surface area (Å²) in [5, 5.41) is 3.48. The Morgan fingerprint density at radius 3 is 2.08 bits per heavy atom. The molecule has 0 aromatic rings. The van der Waals surface area contributed by atoms with Crippen LogP contribution in [-0.2, 0) is 0 Å². The zero-order chi connectivity index (χ0) is 10.4. The summed E-state index contributed by atoms with van der Waals surface area (Å²) in [7, 11) is 2.19. The van der Waals surface area contributed by atoms with Gasteiger partial charge in [0.2, 0.25) is 0 Å². The number of nitrogens with zero attached hydrogens (tertiary/aromatic N) is 1. The van der Waals surface area contributed by atoms with Crippen LogP contribution in [0.5, 0.6) is 0 Å². The number of rotatable bonds is 6. The highest BCUT2D eigenvalue weighted by Crippen LogP contribution is 2.07. The lowest BCUT2D eigenvalue weighted by molar-refractivity contribution is 0.203. The first-order valence-corrected chi connectivity index (χ1v) is 5.42. The Balaban J connectivity index is 3.74. The molecule has 2 unspecified atom stereocenters. The first-order chi connectivity index (χ1) is 5.99.